The van der Waals surface area contributed by atoms with Gasteiger partial charge in [0.1, 0.15) is 6.26 Å². The summed E-state index contributed by atoms with van der Waals surface area (Å²) >= 11 is 0. The highest BCUT2D eigenvalue weighted by Gasteiger charge is 2.42. The van der Waals surface area contributed by atoms with Gasteiger partial charge < -0.3 is 4.84 Å². The zero-order valence-electron chi connectivity index (χ0n) is 9.26. The molecule has 1 aliphatic rings. The molecule has 13 heavy (non-hydrogen) atoms. The van der Waals surface area contributed by atoms with Crippen LogP contribution in [-0.4, -0.2) is 16.1 Å². The standard InChI is InChI=1S/C11H21NO/c1-6-13-12-10(2,3)8-7-9-11(12,4)5/h6H,1,7-9H2,2-5H3. The van der Waals surface area contributed by atoms with Crippen molar-refractivity contribution in [1.29, 1.82) is 0 Å². The number of rotatable bonds is 2. The molecule has 0 N–H and O–H groups in total. The fourth-order valence-corrected chi connectivity index (χ4v) is 2.34. The van der Waals surface area contributed by atoms with Crippen LogP contribution in [0.2, 0.25) is 0 Å². The zero-order valence-corrected chi connectivity index (χ0v) is 9.26. The van der Waals surface area contributed by atoms with Crippen molar-refractivity contribution in [2.75, 3.05) is 0 Å². The third-order valence-corrected chi connectivity index (χ3v) is 2.86. The lowest BCUT2D eigenvalue weighted by atomic mass is 9.82. The van der Waals surface area contributed by atoms with Crippen molar-refractivity contribution in [3.8, 4) is 0 Å². The van der Waals surface area contributed by atoms with Crippen molar-refractivity contribution in [1.82, 2.24) is 5.06 Å². The molecule has 0 radical (unpaired) electrons. The van der Waals surface area contributed by atoms with Crippen molar-refractivity contribution < 1.29 is 4.84 Å². The molecule has 0 aliphatic carbocycles. The average Bonchev–Trinajstić information content (AvgIpc) is 1.96. The highest BCUT2D eigenvalue weighted by Crippen LogP contribution is 2.38. The van der Waals surface area contributed by atoms with Crippen LogP contribution in [0.4, 0.5) is 0 Å². The summed E-state index contributed by atoms with van der Waals surface area (Å²) in [4.78, 5) is 5.51. The lowest BCUT2D eigenvalue weighted by molar-refractivity contribution is -0.246. The summed E-state index contributed by atoms with van der Waals surface area (Å²) in [5.41, 5.74) is 0.242. The molecule has 1 aliphatic heterocycles. The first-order valence-electron chi connectivity index (χ1n) is 4.98. The van der Waals surface area contributed by atoms with Crippen LogP contribution >= 0.6 is 0 Å². The van der Waals surface area contributed by atoms with Gasteiger partial charge in [0.05, 0.1) is 11.1 Å². The third-order valence-electron chi connectivity index (χ3n) is 2.86. The van der Waals surface area contributed by atoms with E-state index in [-0.39, 0.29) is 11.1 Å². The van der Waals surface area contributed by atoms with E-state index in [4.69, 9.17) is 4.84 Å². The number of hydrogen-bond donors (Lipinski definition) is 0. The van der Waals surface area contributed by atoms with Crippen LogP contribution in [-0.2, 0) is 4.84 Å². The SMILES string of the molecule is C=CON1C(C)(C)CCCC1(C)C. The Morgan fingerprint density at radius 3 is 2.00 bits per heavy atom. The monoisotopic (exact) mass is 183 g/mol. The molecule has 0 saturated carbocycles. The molecule has 0 aromatic rings. The fourth-order valence-electron chi connectivity index (χ4n) is 2.34. The van der Waals surface area contributed by atoms with Gasteiger partial charge in [-0.05, 0) is 47.0 Å². The van der Waals surface area contributed by atoms with Gasteiger partial charge in [-0.15, -0.1) is 5.06 Å². The van der Waals surface area contributed by atoms with Gasteiger partial charge in [-0.2, -0.15) is 0 Å². The van der Waals surface area contributed by atoms with Crippen LogP contribution < -0.4 is 0 Å². The highest BCUT2D eigenvalue weighted by atomic mass is 16.7. The predicted molar refractivity (Wildman–Crippen MR) is 55.1 cm³/mol. The predicted octanol–water partition coefficient (Wildman–Crippen LogP) is 3.10. The van der Waals surface area contributed by atoms with Crippen LogP contribution in [0.5, 0.6) is 0 Å². The summed E-state index contributed by atoms with van der Waals surface area (Å²) in [5, 5.41) is 2.08. The van der Waals surface area contributed by atoms with E-state index in [1.165, 1.54) is 25.5 Å². The van der Waals surface area contributed by atoms with Gasteiger partial charge in [0, 0.05) is 0 Å². The first-order valence-corrected chi connectivity index (χ1v) is 4.98. The van der Waals surface area contributed by atoms with Crippen LogP contribution in [0.15, 0.2) is 12.8 Å². The van der Waals surface area contributed by atoms with Crippen molar-refractivity contribution in [3.63, 3.8) is 0 Å². The summed E-state index contributed by atoms with van der Waals surface area (Å²) in [7, 11) is 0. The topological polar surface area (TPSA) is 12.5 Å². The normalized spacial score (nSPS) is 26.8. The summed E-state index contributed by atoms with van der Waals surface area (Å²) < 4.78 is 0. The van der Waals surface area contributed by atoms with Gasteiger partial charge in [0.15, 0.2) is 0 Å². The Morgan fingerprint density at radius 2 is 1.62 bits per heavy atom. The Hall–Kier alpha value is -0.500. The maximum atomic E-state index is 5.51. The molecular formula is C11H21NO. The molecule has 0 aromatic heterocycles. The Labute approximate surface area is 81.5 Å². The largest absolute Gasteiger partial charge is 0.413 e. The van der Waals surface area contributed by atoms with Gasteiger partial charge in [-0.3, -0.25) is 0 Å². The lowest BCUT2D eigenvalue weighted by Crippen LogP contribution is -2.57. The van der Waals surface area contributed by atoms with E-state index in [2.05, 4.69) is 39.3 Å². The van der Waals surface area contributed by atoms with E-state index < -0.39 is 0 Å². The number of nitrogens with zero attached hydrogens (tertiary/aromatic N) is 1. The van der Waals surface area contributed by atoms with Crippen LogP contribution in [0, 0.1) is 0 Å². The zero-order chi connectivity index (χ0) is 10.1. The Kier molecular flexibility index (Phi) is 2.71. The van der Waals surface area contributed by atoms with Crippen molar-refractivity contribution in [2.24, 2.45) is 0 Å². The Balaban J connectivity index is 2.83. The molecule has 2 heteroatoms. The van der Waals surface area contributed by atoms with E-state index in [1.807, 2.05) is 0 Å². The van der Waals surface area contributed by atoms with Crippen molar-refractivity contribution in [2.45, 2.75) is 58.0 Å². The molecule has 0 atom stereocenters. The van der Waals surface area contributed by atoms with Crippen molar-refractivity contribution in [3.05, 3.63) is 12.8 Å². The van der Waals surface area contributed by atoms with Crippen LogP contribution in [0.1, 0.15) is 47.0 Å². The molecule has 2 nitrogen and oxygen atoms in total. The van der Waals surface area contributed by atoms with E-state index >= 15 is 0 Å². The quantitative estimate of drug-likeness (QED) is 0.610. The minimum atomic E-state index is 0.121. The highest BCUT2D eigenvalue weighted by molar-refractivity contribution is 4.93. The molecule has 1 fully saturated rings. The van der Waals surface area contributed by atoms with Crippen molar-refractivity contribution >= 4 is 0 Å². The second kappa shape index (κ2) is 3.33. The van der Waals surface area contributed by atoms with E-state index in [0.717, 1.165) is 0 Å². The molecule has 1 rings (SSSR count). The molecular weight excluding hydrogens is 162 g/mol. The number of hydrogen-bond acceptors (Lipinski definition) is 2. The molecule has 0 spiro atoms. The summed E-state index contributed by atoms with van der Waals surface area (Å²) in [5.74, 6) is 0. The smallest absolute Gasteiger partial charge is 0.104 e. The average molecular weight is 183 g/mol. The summed E-state index contributed by atoms with van der Waals surface area (Å²) in [6, 6.07) is 0. The van der Waals surface area contributed by atoms with Gasteiger partial charge in [-0.1, -0.05) is 6.58 Å². The molecule has 0 aromatic carbocycles. The number of hydroxylamine groups is 2. The molecule has 0 amide bonds. The molecule has 0 bridgehead atoms. The summed E-state index contributed by atoms with van der Waals surface area (Å²) in [6.45, 7) is 12.5. The summed E-state index contributed by atoms with van der Waals surface area (Å²) in [6.07, 6.45) is 5.17. The third kappa shape index (κ3) is 2.05. The second-order valence-electron chi connectivity index (χ2n) is 5.04. The van der Waals surface area contributed by atoms with Gasteiger partial charge in [-0.25, -0.2) is 0 Å². The maximum Gasteiger partial charge on any atom is 0.104 e. The van der Waals surface area contributed by atoms with Gasteiger partial charge in [0.2, 0.25) is 0 Å². The molecule has 1 heterocycles. The van der Waals surface area contributed by atoms with E-state index in [9.17, 15) is 0 Å². The molecule has 1 saturated heterocycles. The van der Waals surface area contributed by atoms with Gasteiger partial charge >= 0.3 is 0 Å². The first-order chi connectivity index (χ1) is 5.90. The van der Waals surface area contributed by atoms with E-state index in [0.29, 0.717) is 0 Å². The first kappa shape index (κ1) is 10.6. The fraction of sp³-hybridized carbons (Fsp3) is 0.818. The Morgan fingerprint density at radius 1 is 1.15 bits per heavy atom. The Bertz CT molecular complexity index is 180. The van der Waals surface area contributed by atoms with Crippen LogP contribution in [0.3, 0.4) is 0 Å². The minimum Gasteiger partial charge on any atom is -0.413 e. The van der Waals surface area contributed by atoms with E-state index in [1.54, 1.807) is 0 Å². The molecule has 0 unspecified atom stereocenters. The second-order valence-corrected chi connectivity index (χ2v) is 5.04. The maximum absolute atomic E-state index is 5.51. The molecule has 76 valence electrons. The number of piperidine rings is 1. The minimum absolute atomic E-state index is 0.121. The van der Waals surface area contributed by atoms with Gasteiger partial charge in [0.25, 0.3) is 0 Å². The van der Waals surface area contributed by atoms with Crippen LogP contribution in [0.25, 0.3) is 0 Å². The lowest BCUT2D eigenvalue weighted by Gasteiger charge is -2.50.